The van der Waals surface area contributed by atoms with Gasteiger partial charge in [0.15, 0.2) is 17.4 Å². The topological polar surface area (TPSA) is 68.1 Å². The molecule has 0 saturated heterocycles. The predicted molar refractivity (Wildman–Crippen MR) is 80.6 cm³/mol. The van der Waals surface area contributed by atoms with Gasteiger partial charge in [-0.2, -0.15) is 4.39 Å². The zero-order valence-electron chi connectivity index (χ0n) is 13.1. The zero-order valence-corrected chi connectivity index (χ0v) is 13.1. The molecule has 1 aromatic rings. The number of carbonyl (C=O) groups excluding carboxylic acids is 1. The van der Waals surface area contributed by atoms with Gasteiger partial charge in [-0.05, 0) is 25.8 Å². The molecule has 0 bridgehead atoms. The van der Waals surface area contributed by atoms with Crippen molar-refractivity contribution in [1.29, 1.82) is 0 Å². The van der Waals surface area contributed by atoms with Gasteiger partial charge < -0.3 is 14.6 Å². The quantitative estimate of drug-likeness (QED) is 0.283. The highest BCUT2D eigenvalue weighted by Gasteiger charge is 2.26. The fourth-order valence-electron chi connectivity index (χ4n) is 1.90. The number of aliphatic imine (C=N–C) groups is 1. The third-order valence-corrected chi connectivity index (χ3v) is 3.29. The van der Waals surface area contributed by atoms with E-state index in [1.54, 1.807) is 6.92 Å². The summed E-state index contributed by atoms with van der Waals surface area (Å²) in [6.07, 6.45) is 2.72. The van der Waals surface area contributed by atoms with Gasteiger partial charge in [0.2, 0.25) is 5.82 Å². The Morgan fingerprint density at radius 3 is 2.62 bits per heavy atom. The molecule has 24 heavy (non-hydrogen) atoms. The van der Waals surface area contributed by atoms with Gasteiger partial charge in [-0.1, -0.05) is 0 Å². The first-order valence-electron chi connectivity index (χ1n) is 7.26. The molecule has 0 aromatic heterocycles. The van der Waals surface area contributed by atoms with Crippen molar-refractivity contribution in [2.24, 2.45) is 4.99 Å². The van der Waals surface area contributed by atoms with Crippen LogP contribution >= 0.6 is 0 Å². The van der Waals surface area contributed by atoms with Crippen LogP contribution in [0.2, 0.25) is 0 Å². The molecule has 0 radical (unpaired) electrons. The Hall–Kier alpha value is -2.51. The molecule has 0 heterocycles. The van der Waals surface area contributed by atoms with E-state index in [4.69, 9.17) is 4.74 Å². The highest BCUT2D eigenvalue weighted by Crippen LogP contribution is 2.31. The Bertz CT molecular complexity index is 712. The van der Waals surface area contributed by atoms with Crippen LogP contribution in [0.25, 0.3) is 5.76 Å². The number of benzene rings is 1. The molecule has 0 unspecified atom stereocenters. The summed E-state index contributed by atoms with van der Waals surface area (Å²) >= 11 is 0. The molecule has 1 aliphatic rings. The Kier molecular flexibility index (Phi) is 5.48. The van der Waals surface area contributed by atoms with Gasteiger partial charge in [0, 0.05) is 6.21 Å². The molecule has 0 spiro atoms. The van der Waals surface area contributed by atoms with E-state index >= 15 is 0 Å². The molecule has 0 amide bonds. The number of esters is 1. The molecule has 1 aromatic carbocycles. The molecular formula is C16H16F3NO4. The van der Waals surface area contributed by atoms with Crippen LogP contribution in [0.3, 0.4) is 0 Å². The highest BCUT2D eigenvalue weighted by atomic mass is 19.2. The molecule has 0 aliphatic heterocycles. The van der Waals surface area contributed by atoms with Crippen LogP contribution < -0.4 is 4.74 Å². The van der Waals surface area contributed by atoms with E-state index < -0.39 is 46.1 Å². The summed E-state index contributed by atoms with van der Waals surface area (Å²) < 4.78 is 50.6. The maximum Gasteiger partial charge on any atom is 0.343 e. The molecule has 130 valence electrons. The second kappa shape index (κ2) is 7.37. The summed E-state index contributed by atoms with van der Waals surface area (Å²) in [5, 5.41) is 10.2. The first-order valence-corrected chi connectivity index (χ1v) is 7.26. The molecular weight excluding hydrogens is 329 g/mol. The van der Waals surface area contributed by atoms with Crippen LogP contribution in [0.4, 0.5) is 13.2 Å². The SMILES string of the molecule is CCOC(=O)/[14C](C=NC1CC1)=C(/O)c1cc(F)c(F)c(OC)c1F. The van der Waals surface area contributed by atoms with Crippen molar-refractivity contribution in [2.75, 3.05) is 13.7 Å². The Morgan fingerprint density at radius 1 is 1.42 bits per heavy atom. The monoisotopic (exact) mass is 345 g/mol. The standard InChI is InChI=1S/C16H16F3NO4/c1-3-24-16(22)10(7-20-8-4-5-8)14(21)9-6-11(17)13(19)15(23-2)12(9)18/h6-8,21H,3-5H2,1-2H3/b14-10+,20-7?/i10+2. The largest absolute Gasteiger partial charge is 0.506 e. The maximum absolute atomic E-state index is 14.3. The number of methoxy groups -OCH3 is 1. The summed E-state index contributed by atoms with van der Waals surface area (Å²) in [6, 6.07) is 0.457. The lowest BCUT2D eigenvalue weighted by atomic mass is 10.1. The zero-order chi connectivity index (χ0) is 17.9. The van der Waals surface area contributed by atoms with Crippen LogP contribution in [0.15, 0.2) is 16.6 Å². The minimum Gasteiger partial charge on any atom is -0.506 e. The fraction of sp³-hybridized carbons (Fsp3) is 0.375. The Balaban J connectivity index is 2.57. The van der Waals surface area contributed by atoms with Crippen LogP contribution in [0, 0.1) is 17.5 Å². The maximum atomic E-state index is 14.3. The number of hydrogen-bond acceptors (Lipinski definition) is 5. The average Bonchev–Trinajstić information content (AvgIpc) is 3.36. The van der Waals surface area contributed by atoms with Gasteiger partial charge in [0.25, 0.3) is 0 Å². The molecule has 8 heteroatoms. The van der Waals surface area contributed by atoms with Crippen LogP contribution in [-0.2, 0) is 9.53 Å². The van der Waals surface area contributed by atoms with E-state index in [1.807, 2.05) is 0 Å². The van der Waals surface area contributed by atoms with Gasteiger partial charge in [-0.15, -0.1) is 0 Å². The minimum atomic E-state index is -1.53. The van der Waals surface area contributed by atoms with Gasteiger partial charge in [-0.25, -0.2) is 13.6 Å². The number of nitrogens with zero attached hydrogens (tertiary/aromatic N) is 1. The second-order valence-corrected chi connectivity index (χ2v) is 5.06. The van der Waals surface area contributed by atoms with E-state index in [0.717, 1.165) is 26.2 Å². The number of rotatable bonds is 6. The molecule has 2 rings (SSSR count). The van der Waals surface area contributed by atoms with Crippen molar-refractivity contribution in [3.63, 3.8) is 0 Å². The van der Waals surface area contributed by atoms with E-state index in [1.165, 1.54) is 0 Å². The van der Waals surface area contributed by atoms with E-state index in [9.17, 15) is 23.1 Å². The first-order chi connectivity index (χ1) is 11.4. The summed E-state index contributed by atoms with van der Waals surface area (Å²) in [4.78, 5) is 16.0. The summed E-state index contributed by atoms with van der Waals surface area (Å²) in [7, 11) is 0.951. The molecule has 1 fully saturated rings. The second-order valence-electron chi connectivity index (χ2n) is 5.06. The van der Waals surface area contributed by atoms with Gasteiger partial charge in [0.1, 0.15) is 11.3 Å². The van der Waals surface area contributed by atoms with Crippen molar-refractivity contribution < 1.29 is 32.5 Å². The van der Waals surface area contributed by atoms with E-state index in [2.05, 4.69) is 9.73 Å². The van der Waals surface area contributed by atoms with E-state index in [-0.39, 0.29) is 12.6 Å². The number of hydrogen-bond donors (Lipinski definition) is 1. The number of halogens is 3. The minimum absolute atomic E-state index is 0.0104. The van der Waals surface area contributed by atoms with Gasteiger partial charge in [-0.3, -0.25) is 4.99 Å². The third kappa shape index (κ3) is 3.69. The number of aliphatic hydroxyl groups excluding tert-OH is 1. The molecule has 1 N–H and O–H groups in total. The fourth-order valence-corrected chi connectivity index (χ4v) is 1.90. The summed E-state index contributed by atoms with van der Waals surface area (Å²) in [6.45, 7) is 1.56. The lowest BCUT2D eigenvalue weighted by Crippen LogP contribution is -2.13. The number of carbonyl (C=O) groups is 1. The van der Waals surface area contributed by atoms with Crippen molar-refractivity contribution >= 4 is 17.9 Å². The smallest absolute Gasteiger partial charge is 0.343 e. The predicted octanol–water partition coefficient (Wildman–Crippen LogP) is 3.18. The number of aliphatic hydroxyl groups is 1. The lowest BCUT2D eigenvalue weighted by Gasteiger charge is -2.11. The first kappa shape index (κ1) is 17.8. The lowest BCUT2D eigenvalue weighted by molar-refractivity contribution is -0.137. The van der Waals surface area contributed by atoms with Crippen molar-refractivity contribution in [3.05, 3.63) is 34.7 Å². The highest BCUT2D eigenvalue weighted by molar-refractivity contribution is 6.15. The molecule has 1 saturated carbocycles. The van der Waals surface area contributed by atoms with Crippen LogP contribution in [0.5, 0.6) is 5.75 Å². The van der Waals surface area contributed by atoms with Crippen LogP contribution in [0.1, 0.15) is 25.3 Å². The van der Waals surface area contributed by atoms with Crippen molar-refractivity contribution in [1.82, 2.24) is 0 Å². The molecule has 1 aliphatic carbocycles. The van der Waals surface area contributed by atoms with Crippen molar-refractivity contribution in [3.8, 4) is 5.75 Å². The van der Waals surface area contributed by atoms with Gasteiger partial charge >= 0.3 is 5.97 Å². The third-order valence-electron chi connectivity index (χ3n) is 3.29. The Labute approximate surface area is 136 Å². The summed E-state index contributed by atoms with van der Waals surface area (Å²) in [5.74, 6) is -7.17. The van der Waals surface area contributed by atoms with Crippen molar-refractivity contribution in [2.45, 2.75) is 25.8 Å². The van der Waals surface area contributed by atoms with E-state index in [0.29, 0.717) is 6.07 Å². The van der Waals surface area contributed by atoms with Gasteiger partial charge in [0.05, 0.1) is 25.3 Å². The number of ether oxygens (including phenoxy) is 2. The average molecular weight is 345 g/mol. The normalized spacial score (nSPS) is 15.4. The molecule has 0 atom stereocenters. The summed E-state index contributed by atoms with van der Waals surface area (Å²) in [5.41, 5.74) is -1.17. The Morgan fingerprint density at radius 2 is 2.08 bits per heavy atom. The molecule has 5 nitrogen and oxygen atoms in total. The van der Waals surface area contributed by atoms with Crippen LogP contribution in [-0.4, -0.2) is 37.0 Å².